The number of carbonyl (C=O) groups excluding carboxylic acids is 2. The van der Waals surface area contributed by atoms with Crippen LogP contribution in [0.4, 0.5) is 22.7 Å². The van der Waals surface area contributed by atoms with Gasteiger partial charge in [-0.15, -0.1) is 0 Å². The smallest absolute Gasteiger partial charge is 0.261 e. The van der Waals surface area contributed by atoms with Crippen LogP contribution in [0.3, 0.4) is 0 Å². The second-order valence-corrected chi connectivity index (χ2v) is 16.5. The number of aryl methyl sites for hydroxylation is 2. The molecule has 54 heavy (non-hydrogen) atoms. The van der Waals surface area contributed by atoms with Crippen LogP contribution in [0.25, 0.3) is 11.1 Å². The predicted molar refractivity (Wildman–Crippen MR) is 215 cm³/mol. The number of rotatable bonds is 11. The van der Waals surface area contributed by atoms with E-state index in [4.69, 9.17) is 23.2 Å². The van der Waals surface area contributed by atoms with Crippen LogP contribution in [0, 0.1) is 13.8 Å². The van der Waals surface area contributed by atoms with Crippen molar-refractivity contribution >= 4 is 77.8 Å². The Hall–Kier alpha value is -5.66. The van der Waals surface area contributed by atoms with Gasteiger partial charge in [-0.2, -0.15) is 0 Å². The van der Waals surface area contributed by atoms with Gasteiger partial charge in [-0.3, -0.25) is 19.0 Å². The topological polar surface area (TPSA) is 151 Å². The Morgan fingerprint density at radius 3 is 1.20 bits per heavy atom. The Bertz CT molecular complexity index is 2430. The van der Waals surface area contributed by atoms with Gasteiger partial charge >= 0.3 is 0 Å². The molecule has 0 unspecified atom stereocenters. The van der Waals surface area contributed by atoms with E-state index in [9.17, 15) is 26.4 Å². The van der Waals surface area contributed by atoms with E-state index in [0.29, 0.717) is 21.4 Å². The maximum atomic E-state index is 13.2. The Labute approximate surface area is 323 Å². The summed E-state index contributed by atoms with van der Waals surface area (Å²) in [7, 11) is -7.79. The van der Waals surface area contributed by atoms with Crippen LogP contribution in [-0.4, -0.2) is 28.6 Å². The van der Waals surface area contributed by atoms with Gasteiger partial charge in [0.2, 0.25) is 0 Å². The van der Waals surface area contributed by atoms with Crippen molar-refractivity contribution in [3.8, 4) is 11.1 Å². The van der Waals surface area contributed by atoms with Crippen molar-refractivity contribution in [2.45, 2.75) is 23.6 Å². The van der Waals surface area contributed by atoms with Gasteiger partial charge in [0.05, 0.1) is 9.79 Å². The van der Waals surface area contributed by atoms with E-state index in [2.05, 4.69) is 20.1 Å². The molecule has 274 valence electrons. The van der Waals surface area contributed by atoms with Gasteiger partial charge in [-0.1, -0.05) is 47.5 Å². The number of hydrogen-bond donors (Lipinski definition) is 4. The summed E-state index contributed by atoms with van der Waals surface area (Å²) in [6, 6.07) is 35.0. The summed E-state index contributed by atoms with van der Waals surface area (Å²) in [6.07, 6.45) is 0. The molecule has 6 aromatic carbocycles. The van der Waals surface area contributed by atoms with Gasteiger partial charge < -0.3 is 10.6 Å². The fourth-order valence-electron chi connectivity index (χ4n) is 5.46. The number of sulfonamides is 2. The molecule has 0 fully saturated rings. The van der Waals surface area contributed by atoms with Crippen molar-refractivity contribution in [3.05, 3.63) is 166 Å². The van der Waals surface area contributed by atoms with Crippen LogP contribution in [0.1, 0.15) is 31.8 Å². The highest BCUT2D eigenvalue weighted by molar-refractivity contribution is 7.93. The van der Waals surface area contributed by atoms with Crippen LogP contribution in [0.5, 0.6) is 0 Å². The highest BCUT2D eigenvalue weighted by Gasteiger charge is 2.18. The van der Waals surface area contributed by atoms with Crippen LogP contribution in [-0.2, 0) is 20.0 Å². The van der Waals surface area contributed by atoms with E-state index < -0.39 is 31.9 Å². The van der Waals surface area contributed by atoms with E-state index in [-0.39, 0.29) is 32.3 Å². The standard InChI is InChI=1S/C40H32Cl2N4O6S2/c1-25-21-27(9-19-37(25)43-39(47)29-5-3-7-33(23-29)45-53(49,50)35-15-11-31(41)12-16-35)28-10-20-38(26(2)22-28)44-40(48)30-6-4-8-34(24-30)46-54(51,52)36-17-13-32(42)14-18-36/h3-24,45-46H,1-2H3,(H,43,47)(H,44,48). The summed E-state index contributed by atoms with van der Waals surface area (Å²) in [5.41, 5.74) is 5.48. The average molecular weight is 800 g/mol. The van der Waals surface area contributed by atoms with Gasteiger partial charge in [0.1, 0.15) is 0 Å². The molecule has 14 heteroatoms. The first kappa shape index (κ1) is 38.1. The zero-order valence-corrected chi connectivity index (χ0v) is 31.9. The lowest BCUT2D eigenvalue weighted by molar-refractivity contribution is 0.101. The second-order valence-electron chi connectivity index (χ2n) is 12.2. The maximum absolute atomic E-state index is 13.2. The largest absolute Gasteiger partial charge is 0.322 e. The summed E-state index contributed by atoms with van der Waals surface area (Å²) >= 11 is 11.8. The lowest BCUT2D eigenvalue weighted by Crippen LogP contribution is -2.15. The number of anilines is 4. The van der Waals surface area contributed by atoms with Gasteiger partial charge in [0, 0.05) is 43.9 Å². The van der Waals surface area contributed by atoms with E-state index in [0.717, 1.165) is 22.3 Å². The molecule has 0 atom stereocenters. The highest BCUT2D eigenvalue weighted by atomic mass is 35.5. The van der Waals surface area contributed by atoms with Gasteiger partial charge in [0.15, 0.2) is 0 Å². The molecule has 0 aliphatic carbocycles. The van der Waals surface area contributed by atoms with E-state index in [1.54, 1.807) is 48.5 Å². The fourth-order valence-corrected chi connectivity index (χ4v) is 7.81. The zero-order chi connectivity index (χ0) is 38.6. The Balaban J connectivity index is 1.10. The van der Waals surface area contributed by atoms with E-state index >= 15 is 0 Å². The van der Waals surface area contributed by atoms with E-state index in [1.165, 1.54) is 60.7 Å². The first-order valence-electron chi connectivity index (χ1n) is 16.3. The van der Waals surface area contributed by atoms with Gasteiger partial charge in [-0.25, -0.2) is 16.8 Å². The number of halogens is 2. The number of nitrogens with one attached hydrogen (secondary N) is 4. The minimum absolute atomic E-state index is 0.0362. The average Bonchev–Trinajstić information content (AvgIpc) is 3.13. The third-order valence-electron chi connectivity index (χ3n) is 8.28. The second kappa shape index (κ2) is 15.7. The SMILES string of the molecule is Cc1cc(-c2ccc(NC(=O)c3cccc(NS(=O)(=O)c4ccc(Cl)cc4)c3)c(C)c2)ccc1NC(=O)c1cccc(NS(=O)(=O)c2ccc(Cl)cc2)c1. The molecule has 6 aromatic rings. The number of benzene rings is 6. The summed E-state index contributed by atoms with van der Waals surface area (Å²) in [4.78, 5) is 26.5. The molecule has 0 heterocycles. The summed E-state index contributed by atoms with van der Waals surface area (Å²) < 4.78 is 56.3. The summed E-state index contributed by atoms with van der Waals surface area (Å²) in [5, 5.41) is 6.61. The normalized spacial score (nSPS) is 11.4. The number of hydrogen-bond acceptors (Lipinski definition) is 6. The Kier molecular flexibility index (Phi) is 11.1. The maximum Gasteiger partial charge on any atom is 0.261 e. The van der Waals surface area contributed by atoms with Crippen molar-refractivity contribution in [2.24, 2.45) is 0 Å². The lowest BCUT2D eigenvalue weighted by Gasteiger charge is -2.14. The first-order chi connectivity index (χ1) is 25.7. The molecular weight excluding hydrogens is 768 g/mol. The predicted octanol–water partition coefficient (Wildman–Crippen LogP) is 9.38. The molecule has 0 radical (unpaired) electrons. The van der Waals surface area contributed by atoms with Crippen LogP contribution in [0.2, 0.25) is 10.0 Å². The molecule has 0 spiro atoms. The lowest BCUT2D eigenvalue weighted by atomic mass is 9.99. The van der Waals surface area contributed by atoms with E-state index in [1.807, 2.05) is 38.1 Å². The quantitative estimate of drug-likeness (QED) is 0.103. The van der Waals surface area contributed by atoms with Crippen molar-refractivity contribution in [3.63, 3.8) is 0 Å². The molecule has 0 aliphatic heterocycles. The minimum atomic E-state index is -3.89. The molecule has 4 N–H and O–H groups in total. The number of carbonyl (C=O) groups is 2. The molecule has 0 aromatic heterocycles. The molecule has 0 saturated carbocycles. The molecule has 6 rings (SSSR count). The van der Waals surface area contributed by atoms with Gasteiger partial charge in [-0.05, 0) is 145 Å². The van der Waals surface area contributed by atoms with Crippen molar-refractivity contribution in [1.29, 1.82) is 0 Å². The van der Waals surface area contributed by atoms with Crippen LogP contribution >= 0.6 is 23.2 Å². The van der Waals surface area contributed by atoms with Crippen molar-refractivity contribution in [2.75, 3.05) is 20.1 Å². The molecule has 0 bridgehead atoms. The Morgan fingerprint density at radius 2 is 0.852 bits per heavy atom. The number of amides is 2. The van der Waals surface area contributed by atoms with Crippen molar-refractivity contribution in [1.82, 2.24) is 0 Å². The highest BCUT2D eigenvalue weighted by Crippen LogP contribution is 2.29. The fraction of sp³-hybridized carbons (Fsp3) is 0.0500. The molecule has 2 amide bonds. The monoisotopic (exact) mass is 798 g/mol. The first-order valence-corrected chi connectivity index (χ1v) is 20.0. The summed E-state index contributed by atoms with van der Waals surface area (Å²) in [5.74, 6) is -0.836. The third kappa shape index (κ3) is 9.10. The molecule has 0 saturated heterocycles. The van der Waals surface area contributed by atoms with Gasteiger partial charge in [0.25, 0.3) is 31.9 Å². The zero-order valence-electron chi connectivity index (χ0n) is 28.7. The summed E-state index contributed by atoms with van der Waals surface area (Å²) in [6.45, 7) is 3.72. The molecule has 10 nitrogen and oxygen atoms in total. The molecular formula is C40H32Cl2N4O6S2. The van der Waals surface area contributed by atoms with Crippen LogP contribution in [0.15, 0.2) is 143 Å². The Morgan fingerprint density at radius 1 is 0.481 bits per heavy atom. The van der Waals surface area contributed by atoms with Crippen molar-refractivity contribution < 1.29 is 26.4 Å². The van der Waals surface area contributed by atoms with Crippen LogP contribution < -0.4 is 20.1 Å². The molecule has 0 aliphatic rings. The third-order valence-corrected chi connectivity index (χ3v) is 11.6. The minimum Gasteiger partial charge on any atom is -0.322 e.